The number of quaternary nitrogens is 1. The number of unbranched alkanes of at least 4 members (excludes halogenated alkanes) is 40. The van der Waals surface area contributed by atoms with Crippen LogP contribution in [0, 0.1) is 0 Å². The summed E-state index contributed by atoms with van der Waals surface area (Å²) in [6.07, 6.45) is 84.5. The van der Waals surface area contributed by atoms with Gasteiger partial charge >= 0.3 is 5.97 Å². The summed E-state index contributed by atoms with van der Waals surface area (Å²) >= 11 is 0. The van der Waals surface area contributed by atoms with Crippen molar-refractivity contribution in [2.45, 2.75) is 354 Å². The Morgan fingerprint density at radius 1 is 0.412 bits per heavy atom. The van der Waals surface area contributed by atoms with Gasteiger partial charge in [-0.25, -0.2) is 0 Å². The van der Waals surface area contributed by atoms with Gasteiger partial charge in [0, 0.05) is 12.8 Å². The molecule has 10 heteroatoms. The van der Waals surface area contributed by atoms with Crippen molar-refractivity contribution in [2.75, 3.05) is 40.9 Å². The van der Waals surface area contributed by atoms with Gasteiger partial charge in [0.05, 0.1) is 33.8 Å². The maximum atomic E-state index is 13.6. The van der Waals surface area contributed by atoms with E-state index in [-0.39, 0.29) is 24.9 Å². The average Bonchev–Trinajstić information content (AvgIpc) is 3.52. The van der Waals surface area contributed by atoms with Crippen LogP contribution in [0.25, 0.3) is 0 Å². The molecule has 0 aromatic carbocycles. The molecule has 0 spiro atoms. The summed E-state index contributed by atoms with van der Waals surface area (Å²) < 4.78 is 30.5. The maximum Gasteiger partial charge on any atom is 0.306 e. The standard InChI is InChI=1S/C75H139N2O7P/c1-7-10-13-16-19-22-25-28-30-32-34-36-38-40-42-44-46-49-52-55-58-61-64-67-74(78)76-72(71-83-85(80,81)82-70-69-77(4,5)6)73(66-63-60-57-54-51-48-27-24-21-18-15-12-9-3)84-75(79)68-65-62-59-56-53-50-47-45-43-41-39-37-35-33-31-29-26-23-20-17-14-11-8-2/h20,23,28-31,35,37,41,43,63,66,72-73H,7-19,21-22,24-27,32-34,36,38-40,42,44-62,64-65,67-71H2,1-6H3,(H-,76,78,80,81)/b23-20-,30-28+,31-29-,37-35-,43-41-,66-63+. The van der Waals surface area contributed by atoms with Gasteiger partial charge in [-0.15, -0.1) is 0 Å². The van der Waals surface area contributed by atoms with E-state index >= 15 is 0 Å². The largest absolute Gasteiger partial charge is 0.756 e. The topological polar surface area (TPSA) is 114 Å². The first-order chi connectivity index (χ1) is 41.4. The molecular weight excluding hydrogens is 1070 g/mol. The van der Waals surface area contributed by atoms with Gasteiger partial charge in [0.15, 0.2) is 0 Å². The molecule has 0 bridgehead atoms. The lowest BCUT2D eigenvalue weighted by Crippen LogP contribution is -2.47. The van der Waals surface area contributed by atoms with Gasteiger partial charge in [-0.1, -0.05) is 299 Å². The summed E-state index contributed by atoms with van der Waals surface area (Å²) in [6, 6.07) is -0.896. The molecule has 0 fully saturated rings. The molecule has 0 saturated heterocycles. The van der Waals surface area contributed by atoms with Crippen LogP contribution >= 0.6 is 7.82 Å². The molecule has 0 heterocycles. The van der Waals surface area contributed by atoms with Gasteiger partial charge in [0.25, 0.3) is 7.82 Å². The van der Waals surface area contributed by atoms with Crippen molar-refractivity contribution in [1.29, 1.82) is 0 Å². The second kappa shape index (κ2) is 64.4. The normalized spacial score (nSPS) is 13.9. The molecule has 0 aromatic rings. The molecule has 0 aliphatic rings. The first-order valence-electron chi connectivity index (χ1n) is 36.2. The first kappa shape index (κ1) is 82.5. The molecule has 0 rings (SSSR count). The number of rotatable bonds is 66. The summed E-state index contributed by atoms with van der Waals surface area (Å²) in [5.74, 6) is -0.543. The fourth-order valence-electron chi connectivity index (χ4n) is 10.5. The summed E-state index contributed by atoms with van der Waals surface area (Å²) in [4.78, 5) is 40.2. The number of carbonyl (C=O) groups is 2. The molecule has 0 radical (unpaired) electrons. The second-order valence-electron chi connectivity index (χ2n) is 25.7. The zero-order valence-electron chi connectivity index (χ0n) is 56.8. The monoisotopic (exact) mass is 1210 g/mol. The number of hydrogen-bond donors (Lipinski definition) is 1. The molecular formula is C75H139N2O7P. The number of amides is 1. The van der Waals surface area contributed by atoms with Crippen LogP contribution in [0.4, 0.5) is 0 Å². The summed E-state index contributed by atoms with van der Waals surface area (Å²) in [5, 5.41) is 3.05. The van der Waals surface area contributed by atoms with Gasteiger partial charge in [0.1, 0.15) is 19.3 Å². The Bertz CT molecular complexity index is 1680. The predicted molar refractivity (Wildman–Crippen MR) is 367 cm³/mol. The number of nitrogens with zero attached hydrogens (tertiary/aromatic N) is 1. The molecule has 3 unspecified atom stereocenters. The lowest BCUT2D eigenvalue weighted by molar-refractivity contribution is -0.870. The van der Waals surface area contributed by atoms with Crippen LogP contribution in [0.1, 0.15) is 342 Å². The highest BCUT2D eigenvalue weighted by molar-refractivity contribution is 7.45. The van der Waals surface area contributed by atoms with Crippen molar-refractivity contribution in [1.82, 2.24) is 5.32 Å². The van der Waals surface area contributed by atoms with E-state index in [1.54, 1.807) is 0 Å². The predicted octanol–water partition coefficient (Wildman–Crippen LogP) is 22.5. The SMILES string of the molecule is CCCCC/C=C\C/C=C\C/C=C\C/C=C\CCCCCCCCCC(=O)OC(/C=C/CCCCCCCCCCCCC)C(COP(=O)([O-])OCC[N+](C)(C)C)NC(=O)CCCCCCCCCCCCCCC/C=C/CCCCCCCC. The zero-order chi connectivity index (χ0) is 62.1. The van der Waals surface area contributed by atoms with Gasteiger partial charge in [0.2, 0.25) is 5.91 Å². The zero-order valence-corrected chi connectivity index (χ0v) is 57.7. The van der Waals surface area contributed by atoms with E-state index in [0.717, 1.165) is 89.9 Å². The number of carbonyl (C=O) groups excluding carboxylic acids is 2. The molecule has 496 valence electrons. The second-order valence-corrected chi connectivity index (χ2v) is 27.1. The Kier molecular flexibility index (Phi) is 62.5. The number of phosphoric ester groups is 1. The number of phosphoric acid groups is 1. The highest BCUT2D eigenvalue weighted by Gasteiger charge is 2.27. The van der Waals surface area contributed by atoms with Crippen molar-refractivity contribution in [3.05, 3.63) is 72.9 Å². The highest BCUT2D eigenvalue weighted by Crippen LogP contribution is 2.38. The number of likely N-dealkylation sites (N-methyl/N-ethyl adjacent to an activating group) is 1. The number of hydrogen-bond acceptors (Lipinski definition) is 7. The minimum atomic E-state index is -4.71. The maximum absolute atomic E-state index is 13.6. The average molecular weight is 1210 g/mol. The van der Waals surface area contributed by atoms with E-state index in [1.165, 1.54) is 218 Å². The molecule has 85 heavy (non-hydrogen) atoms. The molecule has 1 amide bonds. The highest BCUT2D eigenvalue weighted by atomic mass is 31.2. The smallest absolute Gasteiger partial charge is 0.306 e. The Labute approximate surface area is 527 Å². The lowest BCUT2D eigenvalue weighted by Gasteiger charge is -2.30. The Morgan fingerprint density at radius 3 is 1.11 bits per heavy atom. The Morgan fingerprint density at radius 2 is 0.718 bits per heavy atom. The number of esters is 1. The number of ether oxygens (including phenoxy) is 1. The van der Waals surface area contributed by atoms with Crippen molar-refractivity contribution in [3.63, 3.8) is 0 Å². The van der Waals surface area contributed by atoms with Gasteiger partial charge < -0.3 is 28.5 Å². The molecule has 0 aliphatic heterocycles. The third-order valence-corrected chi connectivity index (χ3v) is 17.1. The fourth-order valence-corrected chi connectivity index (χ4v) is 11.2. The lowest BCUT2D eigenvalue weighted by atomic mass is 10.0. The third-order valence-electron chi connectivity index (χ3n) is 16.1. The molecule has 9 nitrogen and oxygen atoms in total. The summed E-state index contributed by atoms with van der Waals surface area (Å²) in [6.45, 7) is 6.85. The van der Waals surface area contributed by atoms with Crippen LogP contribution in [0.2, 0.25) is 0 Å². The molecule has 0 saturated carbocycles. The van der Waals surface area contributed by atoms with Crippen LogP contribution in [-0.2, 0) is 27.9 Å². The minimum Gasteiger partial charge on any atom is -0.756 e. The van der Waals surface area contributed by atoms with E-state index in [9.17, 15) is 19.0 Å². The molecule has 3 atom stereocenters. The van der Waals surface area contributed by atoms with Crippen LogP contribution in [-0.4, -0.2) is 69.4 Å². The summed E-state index contributed by atoms with van der Waals surface area (Å²) in [7, 11) is 1.18. The molecule has 0 aliphatic carbocycles. The van der Waals surface area contributed by atoms with E-state index in [4.69, 9.17) is 13.8 Å². The summed E-state index contributed by atoms with van der Waals surface area (Å²) in [5.41, 5.74) is 0. The minimum absolute atomic E-state index is 0.0252. The van der Waals surface area contributed by atoms with E-state index < -0.39 is 26.6 Å². The van der Waals surface area contributed by atoms with E-state index in [1.807, 2.05) is 33.3 Å². The van der Waals surface area contributed by atoms with Crippen LogP contribution in [0.3, 0.4) is 0 Å². The number of nitrogens with one attached hydrogen (secondary N) is 1. The fraction of sp³-hybridized carbons (Fsp3) is 0.813. The van der Waals surface area contributed by atoms with Crippen LogP contribution < -0.4 is 10.2 Å². The first-order valence-corrected chi connectivity index (χ1v) is 37.7. The molecule has 1 N–H and O–H groups in total. The van der Waals surface area contributed by atoms with Gasteiger partial charge in [-0.05, 0) is 102 Å². The van der Waals surface area contributed by atoms with Gasteiger partial charge in [-0.2, -0.15) is 0 Å². The van der Waals surface area contributed by atoms with Crippen molar-refractivity contribution in [2.24, 2.45) is 0 Å². The Hall–Kier alpha value is -2.55. The molecule has 0 aromatic heterocycles. The van der Waals surface area contributed by atoms with Crippen LogP contribution in [0.5, 0.6) is 0 Å². The van der Waals surface area contributed by atoms with Crippen LogP contribution in [0.15, 0.2) is 72.9 Å². The van der Waals surface area contributed by atoms with Crippen molar-refractivity contribution < 1.29 is 37.3 Å². The van der Waals surface area contributed by atoms with Gasteiger partial charge in [-0.3, -0.25) is 14.2 Å². The van der Waals surface area contributed by atoms with Crippen molar-refractivity contribution >= 4 is 19.7 Å². The Balaban J connectivity index is 5.12. The van der Waals surface area contributed by atoms with Crippen molar-refractivity contribution in [3.8, 4) is 0 Å². The van der Waals surface area contributed by atoms with E-state index in [0.29, 0.717) is 17.4 Å². The third kappa shape index (κ3) is 65.7. The van der Waals surface area contributed by atoms with E-state index in [2.05, 4.69) is 86.8 Å². The quantitative estimate of drug-likeness (QED) is 0.0212. The number of allylic oxidation sites excluding steroid dienone is 11.